The molecule has 0 heterocycles. The third-order valence-electron chi connectivity index (χ3n) is 4.36. The van der Waals surface area contributed by atoms with Gasteiger partial charge in [-0.25, -0.2) is 8.42 Å². The van der Waals surface area contributed by atoms with Gasteiger partial charge in [0, 0.05) is 11.4 Å². The molecule has 0 spiro atoms. The molecule has 0 aliphatic carbocycles. The minimum absolute atomic E-state index is 0. The molecule has 27 heavy (non-hydrogen) atoms. The minimum atomic E-state index is -5.39. The summed E-state index contributed by atoms with van der Waals surface area (Å²) in [5.74, 6) is -3.97. The largest absolute Gasteiger partial charge is 1.00 e. The number of hydrogen-bond donors (Lipinski definition) is 0. The Kier molecular flexibility index (Phi) is 25.0. The number of rotatable bonds is 14. The van der Waals surface area contributed by atoms with Crippen LogP contribution in [0.3, 0.4) is 0 Å². The van der Waals surface area contributed by atoms with Crippen molar-refractivity contribution in [3.8, 4) is 0 Å². The van der Waals surface area contributed by atoms with Crippen molar-refractivity contribution in [3.63, 3.8) is 0 Å². The second-order valence-electron chi connectivity index (χ2n) is 6.26. The second kappa shape index (κ2) is 18.6. The topological polar surface area (TPSA) is 137 Å². The van der Waals surface area contributed by atoms with E-state index in [2.05, 4.69) is 0 Å². The van der Waals surface area contributed by atoms with Crippen LogP contribution in [-0.2, 0) is 19.7 Å². The number of carboxylic acid groups (broad SMARTS) is 2. The summed E-state index contributed by atoms with van der Waals surface area (Å²) in [4.78, 5) is 23.0. The van der Waals surface area contributed by atoms with Crippen LogP contribution in [0, 0.1) is 5.41 Å². The van der Waals surface area contributed by atoms with Gasteiger partial charge in [-0.15, -0.1) is 0 Å². The predicted molar refractivity (Wildman–Crippen MR) is 83.5 cm³/mol. The Balaban J connectivity index is -0.000000882. The molecular formula is C16H27Na3O7S. The van der Waals surface area contributed by atoms with Crippen molar-refractivity contribution >= 4 is 22.1 Å². The van der Waals surface area contributed by atoms with Crippen LogP contribution in [0.25, 0.3) is 0 Å². The molecular weight excluding hydrogens is 405 g/mol. The van der Waals surface area contributed by atoms with E-state index in [9.17, 15) is 32.8 Å². The average molecular weight is 432 g/mol. The number of aliphatic carboxylic acids is 2. The van der Waals surface area contributed by atoms with Gasteiger partial charge < -0.3 is 24.4 Å². The molecule has 0 saturated carbocycles. The van der Waals surface area contributed by atoms with Crippen molar-refractivity contribution in [3.05, 3.63) is 0 Å². The zero-order chi connectivity index (χ0) is 18.8. The molecule has 1 atom stereocenters. The molecule has 0 aliphatic rings. The monoisotopic (exact) mass is 432 g/mol. The van der Waals surface area contributed by atoms with E-state index in [1.165, 1.54) is 0 Å². The zero-order valence-electron chi connectivity index (χ0n) is 17.4. The van der Waals surface area contributed by atoms with E-state index in [0.29, 0.717) is 25.7 Å². The predicted octanol–water partition coefficient (Wildman–Crippen LogP) is -8.66. The van der Waals surface area contributed by atoms with E-state index < -0.39 is 32.7 Å². The number of carboxylic acids is 2. The Bertz CT molecular complexity index is 500. The maximum Gasteiger partial charge on any atom is 1.00 e. The second-order valence-corrected chi connectivity index (χ2v) is 7.71. The Labute approximate surface area is 229 Å². The fourth-order valence-electron chi connectivity index (χ4n) is 3.05. The van der Waals surface area contributed by atoms with Crippen molar-refractivity contribution in [2.24, 2.45) is 5.41 Å². The van der Waals surface area contributed by atoms with E-state index in [4.69, 9.17) is 0 Å². The molecule has 0 rings (SSSR count). The number of hydrogen-bond acceptors (Lipinski definition) is 7. The van der Waals surface area contributed by atoms with Crippen molar-refractivity contribution in [2.45, 2.75) is 83.3 Å². The Morgan fingerprint density at radius 2 is 1.19 bits per heavy atom. The number of unbranched alkanes of at least 4 members (excludes halogenated alkanes) is 6. The summed E-state index contributed by atoms with van der Waals surface area (Å²) in [5.41, 5.74) is -2.24. The fraction of sp³-hybridized carbons (Fsp3) is 0.875. The van der Waals surface area contributed by atoms with Crippen molar-refractivity contribution in [1.82, 2.24) is 0 Å². The third kappa shape index (κ3) is 13.0. The van der Waals surface area contributed by atoms with E-state index in [-0.39, 0.29) is 102 Å². The van der Waals surface area contributed by atoms with E-state index in [1.807, 2.05) is 13.8 Å². The average Bonchev–Trinajstić information content (AvgIpc) is 2.45. The van der Waals surface area contributed by atoms with E-state index in [0.717, 1.165) is 25.7 Å². The van der Waals surface area contributed by atoms with Gasteiger partial charge in [0.15, 0.2) is 0 Å². The molecule has 11 heteroatoms. The van der Waals surface area contributed by atoms with Gasteiger partial charge in [0.05, 0.1) is 11.2 Å². The normalized spacial score (nSPS) is 12.1. The first kappa shape index (κ1) is 36.2. The molecule has 0 aliphatic heterocycles. The van der Waals surface area contributed by atoms with E-state index in [1.54, 1.807) is 0 Å². The molecule has 1 unspecified atom stereocenters. The van der Waals surface area contributed by atoms with Gasteiger partial charge in [-0.3, -0.25) is 0 Å². The van der Waals surface area contributed by atoms with E-state index >= 15 is 0 Å². The minimum Gasteiger partial charge on any atom is -0.747 e. The molecule has 0 aromatic heterocycles. The number of carbonyl (C=O) groups is 2. The third-order valence-corrected chi connectivity index (χ3v) is 5.59. The summed E-state index contributed by atoms with van der Waals surface area (Å²) in [6, 6.07) is 0. The van der Waals surface area contributed by atoms with Gasteiger partial charge in [-0.2, -0.15) is 0 Å². The Morgan fingerprint density at radius 3 is 1.41 bits per heavy atom. The molecule has 0 aromatic carbocycles. The molecule has 142 valence electrons. The summed E-state index contributed by atoms with van der Waals surface area (Å²) in [7, 11) is -5.39. The maximum atomic E-state index is 11.7. The van der Waals surface area contributed by atoms with Crippen molar-refractivity contribution < 1.29 is 121 Å². The molecule has 7 nitrogen and oxygen atoms in total. The van der Waals surface area contributed by atoms with Gasteiger partial charge in [0.2, 0.25) is 0 Å². The van der Waals surface area contributed by atoms with Gasteiger partial charge >= 0.3 is 88.7 Å². The SMILES string of the molecule is CCCCCCC(CCCCCC)(C(=O)[O-])C(C(=O)[O-])S(=O)(=O)[O-].[Na+].[Na+].[Na+]. The van der Waals surface area contributed by atoms with Gasteiger partial charge in [0.1, 0.15) is 10.1 Å². The summed E-state index contributed by atoms with van der Waals surface area (Å²) < 4.78 is 34.3. The Morgan fingerprint density at radius 1 is 0.815 bits per heavy atom. The van der Waals surface area contributed by atoms with Crippen LogP contribution in [0.15, 0.2) is 0 Å². The quantitative estimate of drug-likeness (QED) is 0.151. The molecule has 0 bridgehead atoms. The van der Waals surface area contributed by atoms with Crippen LogP contribution >= 0.6 is 0 Å². The Hall–Kier alpha value is 1.85. The molecule has 0 aromatic rings. The van der Waals surface area contributed by atoms with Crippen LogP contribution in [0.5, 0.6) is 0 Å². The standard InChI is InChI=1S/C16H30O7S.3Na/c1-3-5-7-9-11-16(15(19)20,12-10-8-6-4-2)13(14(17)18)24(21,22)23;;;/h13H,3-12H2,1-2H3,(H,17,18)(H,19,20)(H,21,22,23);;;/q;3*+1/p-3. The van der Waals surface area contributed by atoms with Gasteiger partial charge in [-0.05, 0) is 12.8 Å². The van der Waals surface area contributed by atoms with Crippen molar-refractivity contribution in [1.29, 1.82) is 0 Å². The fourth-order valence-corrected chi connectivity index (χ4v) is 4.17. The molecule has 0 radical (unpaired) electrons. The smallest absolute Gasteiger partial charge is 0.747 e. The molecule has 0 fully saturated rings. The van der Waals surface area contributed by atoms with Gasteiger partial charge in [-0.1, -0.05) is 65.2 Å². The summed E-state index contributed by atoms with van der Waals surface area (Å²) in [6.45, 7) is 3.89. The molecule has 0 N–H and O–H groups in total. The van der Waals surface area contributed by atoms with Crippen LogP contribution in [0.1, 0.15) is 78.1 Å². The van der Waals surface area contributed by atoms with Crippen LogP contribution < -0.4 is 98.9 Å². The van der Waals surface area contributed by atoms with Crippen molar-refractivity contribution in [2.75, 3.05) is 0 Å². The first-order valence-electron chi connectivity index (χ1n) is 8.50. The molecule has 0 saturated heterocycles. The maximum absolute atomic E-state index is 11.7. The zero-order valence-corrected chi connectivity index (χ0v) is 24.2. The summed E-state index contributed by atoms with van der Waals surface area (Å²) in [5, 5.41) is 20.4. The first-order valence-corrected chi connectivity index (χ1v) is 9.97. The summed E-state index contributed by atoms with van der Waals surface area (Å²) in [6.07, 6.45) is 4.79. The van der Waals surface area contributed by atoms with Crippen LogP contribution in [0.2, 0.25) is 0 Å². The van der Waals surface area contributed by atoms with Gasteiger partial charge in [0.25, 0.3) is 0 Å². The summed E-state index contributed by atoms with van der Waals surface area (Å²) >= 11 is 0. The van der Waals surface area contributed by atoms with Crippen LogP contribution in [-0.4, -0.2) is 30.2 Å². The number of carbonyl (C=O) groups excluding carboxylic acids is 2. The first-order chi connectivity index (χ1) is 11.1. The van der Waals surface area contributed by atoms with Crippen LogP contribution in [0.4, 0.5) is 0 Å². The molecule has 0 amide bonds.